The fourth-order valence-electron chi connectivity index (χ4n) is 3.53. The minimum absolute atomic E-state index is 0.0172. The Morgan fingerprint density at radius 1 is 1.18 bits per heavy atom. The number of carbonyl (C=O) groups is 1. The lowest BCUT2D eigenvalue weighted by molar-refractivity contribution is -0.134. The lowest BCUT2D eigenvalue weighted by atomic mass is 9.96. The van der Waals surface area contributed by atoms with E-state index in [0.29, 0.717) is 24.1 Å². The normalized spacial score (nSPS) is 26.5. The SMILES string of the molecule is O=C(CC1CCOCC1)N1CCC[C@@H]1c1noc(C2CC2)n1. The van der Waals surface area contributed by atoms with E-state index in [1.807, 2.05) is 4.90 Å². The summed E-state index contributed by atoms with van der Waals surface area (Å²) in [4.78, 5) is 19.2. The first-order valence-corrected chi connectivity index (χ1v) is 8.52. The summed E-state index contributed by atoms with van der Waals surface area (Å²) in [6.45, 7) is 2.40. The van der Waals surface area contributed by atoms with E-state index in [1.54, 1.807) is 0 Å². The van der Waals surface area contributed by atoms with Gasteiger partial charge in [0, 0.05) is 32.1 Å². The maximum Gasteiger partial charge on any atom is 0.229 e. The molecule has 2 aliphatic heterocycles. The van der Waals surface area contributed by atoms with Gasteiger partial charge >= 0.3 is 0 Å². The van der Waals surface area contributed by atoms with Crippen LogP contribution in [0.3, 0.4) is 0 Å². The zero-order chi connectivity index (χ0) is 14.9. The molecule has 1 amide bonds. The molecule has 2 saturated heterocycles. The monoisotopic (exact) mass is 305 g/mol. The van der Waals surface area contributed by atoms with Crippen LogP contribution < -0.4 is 0 Å². The number of amides is 1. The first kappa shape index (κ1) is 14.2. The maximum absolute atomic E-state index is 12.6. The summed E-state index contributed by atoms with van der Waals surface area (Å²) < 4.78 is 10.7. The molecule has 22 heavy (non-hydrogen) atoms. The van der Waals surface area contributed by atoms with Gasteiger partial charge in [0.15, 0.2) is 5.82 Å². The van der Waals surface area contributed by atoms with Crippen LogP contribution in [0.5, 0.6) is 0 Å². The average molecular weight is 305 g/mol. The molecule has 0 N–H and O–H groups in total. The van der Waals surface area contributed by atoms with E-state index in [4.69, 9.17) is 9.26 Å². The van der Waals surface area contributed by atoms with Crippen LogP contribution >= 0.6 is 0 Å². The van der Waals surface area contributed by atoms with Gasteiger partial charge in [-0.05, 0) is 44.4 Å². The Balaban J connectivity index is 1.41. The highest BCUT2D eigenvalue weighted by atomic mass is 16.5. The first-order chi connectivity index (χ1) is 10.8. The molecule has 1 atom stereocenters. The van der Waals surface area contributed by atoms with Gasteiger partial charge < -0.3 is 14.2 Å². The van der Waals surface area contributed by atoms with Crippen molar-refractivity contribution < 1.29 is 14.1 Å². The molecule has 0 spiro atoms. The number of hydrogen-bond acceptors (Lipinski definition) is 5. The zero-order valence-corrected chi connectivity index (χ0v) is 12.9. The average Bonchev–Trinajstić information content (AvgIpc) is 3.08. The van der Waals surface area contributed by atoms with Gasteiger partial charge in [0.25, 0.3) is 0 Å². The second kappa shape index (κ2) is 5.99. The minimum Gasteiger partial charge on any atom is -0.381 e. The Morgan fingerprint density at radius 2 is 2.00 bits per heavy atom. The Bertz CT molecular complexity index is 534. The van der Waals surface area contributed by atoms with E-state index in [9.17, 15) is 4.79 Å². The smallest absolute Gasteiger partial charge is 0.229 e. The van der Waals surface area contributed by atoms with Crippen molar-refractivity contribution in [3.05, 3.63) is 11.7 Å². The Labute approximate surface area is 130 Å². The van der Waals surface area contributed by atoms with Crippen LogP contribution in [0, 0.1) is 5.92 Å². The molecule has 3 fully saturated rings. The van der Waals surface area contributed by atoms with Gasteiger partial charge in [-0.1, -0.05) is 5.16 Å². The Morgan fingerprint density at radius 3 is 2.77 bits per heavy atom. The minimum atomic E-state index is 0.0172. The van der Waals surface area contributed by atoms with Crippen molar-refractivity contribution in [2.24, 2.45) is 5.92 Å². The number of nitrogens with zero attached hydrogens (tertiary/aromatic N) is 3. The van der Waals surface area contributed by atoms with Crippen molar-refractivity contribution in [2.45, 2.75) is 56.9 Å². The predicted octanol–water partition coefficient (Wildman–Crippen LogP) is 2.43. The topological polar surface area (TPSA) is 68.5 Å². The standard InChI is InChI=1S/C16H23N3O3/c20-14(10-11-5-8-21-9-6-11)19-7-1-2-13(19)15-17-16(22-18-15)12-3-4-12/h11-13H,1-10H2/t13-/m1/s1. The molecule has 1 aromatic heterocycles. The number of hydrogen-bond donors (Lipinski definition) is 0. The summed E-state index contributed by atoms with van der Waals surface area (Å²) >= 11 is 0. The van der Waals surface area contributed by atoms with Crippen LogP contribution in [0.4, 0.5) is 0 Å². The van der Waals surface area contributed by atoms with Gasteiger partial charge in [-0.3, -0.25) is 4.79 Å². The molecular weight excluding hydrogens is 282 g/mol. The largest absolute Gasteiger partial charge is 0.381 e. The third-order valence-corrected chi connectivity index (χ3v) is 5.06. The van der Waals surface area contributed by atoms with E-state index >= 15 is 0 Å². The molecule has 0 unspecified atom stereocenters. The quantitative estimate of drug-likeness (QED) is 0.854. The molecule has 0 bridgehead atoms. The summed E-state index contributed by atoms with van der Waals surface area (Å²) in [6.07, 6.45) is 6.90. The zero-order valence-electron chi connectivity index (χ0n) is 12.9. The van der Waals surface area contributed by atoms with E-state index in [-0.39, 0.29) is 11.9 Å². The van der Waals surface area contributed by atoms with Crippen LogP contribution in [0.25, 0.3) is 0 Å². The van der Waals surface area contributed by atoms with Gasteiger partial charge in [-0.25, -0.2) is 0 Å². The highest BCUT2D eigenvalue weighted by Gasteiger charge is 2.36. The number of aromatic nitrogens is 2. The van der Waals surface area contributed by atoms with Crippen molar-refractivity contribution in [3.8, 4) is 0 Å². The second-order valence-electron chi connectivity index (χ2n) is 6.77. The van der Waals surface area contributed by atoms with Gasteiger partial charge in [0.2, 0.25) is 11.8 Å². The predicted molar refractivity (Wildman–Crippen MR) is 78.1 cm³/mol. The number of ether oxygens (including phenoxy) is 1. The molecule has 6 nitrogen and oxygen atoms in total. The lowest BCUT2D eigenvalue weighted by Gasteiger charge is -2.26. The van der Waals surface area contributed by atoms with Crippen LogP contribution in [0.15, 0.2) is 4.52 Å². The number of rotatable bonds is 4. The van der Waals surface area contributed by atoms with Crippen LogP contribution in [-0.4, -0.2) is 40.7 Å². The van der Waals surface area contributed by atoms with Crippen LogP contribution in [0.2, 0.25) is 0 Å². The van der Waals surface area contributed by atoms with Crippen LogP contribution in [-0.2, 0) is 9.53 Å². The fourth-order valence-corrected chi connectivity index (χ4v) is 3.53. The molecule has 120 valence electrons. The maximum atomic E-state index is 12.6. The van der Waals surface area contributed by atoms with Gasteiger partial charge in [0.1, 0.15) is 0 Å². The Kier molecular flexibility index (Phi) is 3.86. The summed E-state index contributed by atoms with van der Waals surface area (Å²) in [5.74, 6) is 2.65. The number of carbonyl (C=O) groups excluding carboxylic acids is 1. The molecular formula is C16H23N3O3. The van der Waals surface area contributed by atoms with Crippen molar-refractivity contribution in [3.63, 3.8) is 0 Å². The van der Waals surface area contributed by atoms with Gasteiger partial charge in [-0.2, -0.15) is 4.98 Å². The van der Waals surface area contributed by atoms with E-state index in [1.165, 1.54) is 0 Å². The highest BCUT2D eigenvalue weighted by molar-refractivity contribution is 5.77. The molecule has 4 rings (SSSR count). The van der Waals surface area contributed by atoms with E-state index < -0.39 is 0 Å². The van der Waals surface area contributed by atoms with Gasteiger partial charge in [0.05, 0.1) is 6.04 Å². The van der Waals surface area contributed by atoms with Crippen molar-refractivity contribution in [2.75, 3.05) is 19.8 Å². The van der Waals surface area contributed by atoms with Crippen LogP contribution in [0.1, 0.15) is 68.6 Å². The Hall–Kier alpha value is -1.43. The molecule has 1 saturated carbocycles. The molecule has 3 aliphatic rings. The number of likely N-dealkylation sites (tertiary alicyclic amines) is 1. The molecule has 1 aliphatic carbocycles. The molecule has 0 radical (unpaired) electrons. The summed E-state index contributed by atoms with van der Waals surface area (Å²) in [5.41, 5.74) is 0. The second-order valence-corrected chi connectivity index (χ2v) is 6.77. The summed E-state index contributed by atoms with van der Waals surface area (Å²) in [6, 6.07) is 0.0172. The highest BCUT2D eigenvalue weighted by Crippen LogP contribution is 2.40. The van der Waals surface area contributed by atoms with E-state index in [2.05, 4.69) is 10.1 Å². The third kappa shape index (κ3) is 2.89. The fraction of sp³-hybridized carbons (Fsp3) is 0.812. The first-order valence-electron chi connectivity index (χ1n) is 8.52. The molecule has 3 heterocycles. The molecule has 0 aromatic carbocycles. The van der Waals surface area contributed by atoms with E-state index in [0.717, 1.165) is 64.2 Å². The molecule has 1 aromatic rings. The van der Waals surface area contributed by atoms with Gasteiger partial charge in [-0.15, -0.1) is 0 Å². The van der Waals surface area contributed by atoms with Crippen molar-refractivity contribution in [1.82, 2.24) is 15.0 Å². The van der Waals surface area contributed by atoms with Crippen molar-refractivity contribution >= 4 is 5.91 Å². The van der Waals surface area contributed by atoms with Crippen molar-refractivity contribution in [1.29, 1.82) is 0 Å². The lowest BCUT2D eigenvalue weighted by Crippen LogP contribution is -2.33. The summed E-state index contributed by atoms with van der Waals surface area (Å²) in [5, 5.41) is 4.14. The molecule has 6 heteroatoms. The third-order valence-electron chi connectivity index (χ3n) is 5.06. The summed E-state index contributed by atoms with van der Waals surface area (Å²) in [7, 11) is 0.